The molecule has 2 aromatic carbocycles. The van der Waals surface area contributed by atoms with Gasteiger partial charge in [0.15, 0.2) is 17.2 Å². The molecule has 3 aromatic rings. The van der Waals surface area contributed by atoms with Crippen molar-refractivity contribution in [3.63, 3.8) is 0 Å². The molecule has 296 valence electrons. The van der Waals surface area contributed by atoms with Gasteiger partial charge in [-0.1, -0.05) is 81.3 Å². The molecule has 1 aromatic heterocycles. The van der Waals surface area contributed by atoms with Crippen LogP contribution in [0.1, 0.15) is 95.1 Å². The van der Waals surface area contributed by atoms with Crippen molar-refractivity contribution in [1.29, 1.82) is 0 Å². The standard InChI is InChI=1S/C45H53N3O7S/c1-4-11-34(43(53)42(52)27(2)30-18-19-30)28(3)41(51)38-24-45(23-37(47-55-45)31-14-10-15-33(49)21-31)26-48(38)44(54)36(46-40(50)20-29-12-6-5-7-13-29)22-32-25-56-39-17-9-8-16-35(32)39/h8-10,14-17,21,25,29-30,34,36,38,43,49,53H,2-7,11-13,18-20,22-24,26H2,1H3,(H,46,50)/t34-,36?,38-,43?,45+/m0/s1. The maximum atomic E-state index is 15.1. The molecule has 2 saturated carbocycles. The molecule has 3 fully saturated rings. The summed E-state index contributed by atoms with van der Waals surface area (Å²) in [5.41, 5.74) is 1.54. The number of fused-ring (bicyclic) bond motifs is 1. The average molecular weight is 780 g/mol. The number of rotatable bonds is 16. The lowest BCUT2D eigenvalue weighted by Crippen LogP contribution is -2.53. The number of nitrogens with zero attached hydrogens (tertiary/aromatic N) is 2. The molecule has 3 N–H and O–H groups in total. The molecular formula is C45H53N3O7S. The van der Waals surface area contributed by atoms with E-state index in [-0.39, 0.29) is 54.9 Å². The van der Waals surface area contributed by atoms with E-state index in [9.17, 15) is 24.6 Å². The summed E-state index contributed by atoms with van der Waals surface area (Å²) in [6.07, 6.45) is 7.36. The van der Waals surface area contributed by atoms with Crippen molar-refractivity contribution in [1.82, 2.24) is 10.2 Å². The van der Waals surface area contributed by atoms with Crippen molar-refractivity contribution in [2.75, 3.05) is 6.54 Å². The van der Waals surface area contributed by atoms with Crippen LogP contribution < -0.4 is 5.32 Å². The van der Waals surface area contributed by atoms with E-state index in [1.807, 2.05) is 42.6 Å². The van der Waals surface area contributed by atoms with Crippen molar-refractivity contribution in [2.24, 2.45) is 22.9 Å². The zero-order valence-electron chi connectivity index (χ0n) is 32.2. The first-order valence-electron chi connectivity index (χ1n) is 20.2. The molecule has 7 rings (SSSR count). The van der Waals surface area contributed by atoms with Crippen molar-refractivity contribution >= 4 is 50.5 Å². The topological polar surface area (TPSA) is 146 Å². The summed E-state index contributed by atoms with van der Waals surface area (Å²) in [5.74, 6) is -2.01. The van der Waals surface area contributed by atoms with Crippen LogP contribution in [-0.2, 0) is 30.4 Å². The molecule has 11 heteroatoms. The van der Waals surface area contributed by atoms with E-state index in [0.29, 0.717) is 36.1 Å². The fourth-order valence-electron chi connectivity index (χ4n) is 8.92. The van der Waals surface area contributed by atoms with E-state index >= 15 is 4.79 Å². The second-order valence-electron chi connectivity index (χ2n) is 16.4. The van der Waals surface area contributed by atoms with Crippen LogP contribution in [0.5, 0.6) is 5.75 Å². The molecule has 0 radical (unpaired) electrons. The second-order valence-corrected chi connectivity index (χ2v) is 17.3. The number of carbonyl (C=O) groups excluding carboxylic acids is 4. The fraction of sp³-hybridized carbons (Fsp3) is 0.489. The summed E-state index contributed by atoms with van der Waals surface area (Å²) < 4.78 is 1.07. The van der Waals surface area contributed by atoms with E-state index in [2.05, 4.69) is 23.6 Å². The van der Waals surface area contributed by atoms with Gasteiger partial charge in [0.1, 0.15) is 17.9 Å². The summed E-state index contributed by atoms with van der Waals surface area (Å²) in [7, 11) is 0. The summed E-state index contributed by atoms with van der Waals surface area (Å²) >= 11 is 1.58. The number of likely N-dealkylation sites (tertiary alicyclic amines) is 1. The quantitative estimate of drug-likeness (QED) is 0.130. The Bertz CT molecular complexity index is 2040. The van der Waals surface area contributed by atoms with Crippen LogP contribution in [0.2, 0.25) is 0 Å². The average Bonchev–Trinajstić information content (AvgIpc) is 3.69. The number of aromatic hydroxyl groups is 1. The molecule has 10 nitrogen and oxygen atoms in total. The highest BCUT2D eigenvalue weighted by Gasteiger charge is 2.55. The molecule has 3 heterocycles. The zero-order chi connectivity index (χ0) is 39.6. The highest BCUT2D eigenvalue weighted by atomic mass is 32.1. The van der Waals surface area contributed by atoms with E-state index in [1.165, 1.54) is 11.3 Å². The number of ketones is 2. The minimum atomic E-state index is -1.49. The number of oxime groups is 1. The number of benzene rings is 2. The minimum Gasteiger partial charge on any atom is -0.508 e. The summed E-state index contributed by atoms with van der Waals surface area (Å²) in [4.78, 5) is 64.7. The van der Waals surface area contributed by atoms with Gasteiger partial charge in [0.25, 0.3) is 0 Å². The lowest BCUT2D eigenvalue weighted by molar-refractivity contribution is -0.141. The number of hydrogen-bond donors (Lipinski definition) is 3. The van der Waals surface area contributed by atoms with Gasteiger partial charge in [-0.2, -0.15) is 0 Å². The van der Waals surface area contributed by atoms with Gasteiger partial charge in [0.2, 0.25) is 11.8 Å². The SMILES string of the molecule is C=C(C(=O)C(O)[C@@H](CCC)C(=C)C(=O)[C@@H]1C[C@]2(CC(c3cccc(O)c3)=NO2)CN1C(=O)C(Cc1csc2ccccc12)NC(=O)CC1CCCCC1)C1CC1. The largest absolute Gasteiger partial charge is 0.508 e. The Morgan fingerprint density at radius 3 is 2.55 bits per heavy atom. The number of aliphatic hydroxyl groups is 1. The molecular weight excluding hydrogens is 727 g/mol. The Balaban J connectivity index is 1.20. The number of carbonyl (C=O) groups is 4. The number of nitrogens with one attached hydrogen (secondary N) is 1. The van der Waals surface area contributed by atoms with Crippen LogP contribution in [0.4, 0.5) is 0 Å². The van der Waals surface area contributed by atoms with Crippen molar-refractivity contribution in [3.05, 3.63) is 89.3 Å². The maximum Gasteiger partial charge on any atom is 0.246 e. The Morgan fingerprint density at radius 1 is 1.05 bits per heavy atom. The van der Waals surface area contributed by atoms with Gasteiger partial charge in [-0.25, -0.2) is 0 Å². The van der Waals surface area contributed by atoms with E-state index < -0.39 is 47.2 Å². The van der Waals surface area contributed by atoms with Crippen molar-refractivity contribution < 1.29 is 34.2 Å². The zero-order valence-corrected chi connectivity index (χ0v) is 33.0. The fourth-order valence-corrected chi connectivity index (χ4v) is 9.90. The third-order valence-electron chi connectivity index (χ3n) is 12.2. The predicted molar refractivity (Wildman–Crippen MR) is 217 cm³/mol. The highest BCUT2D eigenvalue weighted by Crippen LogP contribution is 2.42. The van der Waals surface area contributed by atoms with Crippen LogP contribution >= 0.6 is 11.3 Å². The maximum absolute atomic E-state index is 15.1. The Kier molecular flexibility index (Phi) is 11.9. The molecule has 2 aliphatic carbocycles. The predicted octanol–water partition coefficient (Wildman–Crippen LogP) is 7.21. The van der Waals surface area contributed by atoms with Gasteiger partial charge in [0, 0.05) is 41.9 Å². The van der Waals surface area contributed by atoms with Gasteiger partial charge in [-0.3, -0.25) is 19.2 Å². The first-order valence-corrected chi connectivity index (χ1v) is 21.1. The van der Waals surface area contributed by atoms with Crippen LogP contribution in [-0.4, -0.2) is 74.5 Å². The molecule has 1 spiro atoms. The molecule has 2 aliphatic heterocycles. The van der Waals surface area contributed by atoms with Gasteiger partial charge >= 0.3 is 0 Å². The first kappa shape index (κ1) is 39.6. The molecule has 2 unspecified atom stereocenters. The minimum absolute atomic E-state index is 0.0130. The number of aliphatic hydroxyl groups excluding tert-OH is 1. The second kappa shape index (κ2) is 16.9. The monoisotopic (exact) mass is 779 g/mol. The van der Waals surface area contributed by atoms with Crippen LogP contribution in [0, 0.1) is 17.8 Å². The number of phenolic OH excluding ortho intramolecular Hbond substituents is 1. The lowest BCUT2D eigenvalue weighted by atomic mass is 9.81. The van der Waals surface area contributed by atoms with Gasteiger partial charge < -0.3 is 25.3 Å². The Morgan fingerprint density at radius 2 is 1.82 bits per heavy atom. The van der Waals surface area contributed by atoms with Crippen LogP contribution in [0.25, 0.3) is 10.1 Å². The van der Waals surface area contributed by atoms with E-state index in [4.69, 9.17) is 4.84 Å². The third kappa shape index (κ3) is 8.54. The third-order valence-corrected chi connectivity index (χ3v) is 13.2. The number of thiophene rings is 1. The first-order chi connectivity index (χ1) is 27.0. The van der Waals surface area contributed by atoms with Gasteiger partial charge in [0.05, 0.1) is 18.3 Å². The van der Waals surface area contributed by atoms with Gasteiger partial charge in [-0.05, 0) is 89.6 Å². The number of hydrogen-bond acceptors (Lipinski definition) is 9. The Hall–Kier alpha value is -4.61. The van der Waals surface area contributed by atoms with E-state index in [1.54, 1.807) is 29.5 Å². The Labute approximate surface area is 332 Å². The molecule has 5 atom stereocenters. The van der Waals surface area contributed by atoms with Crippen molar-refractivity contribution in [3.8, 4) is 5.75 Å². The van der Waals surface area contributed by atoms with Gasteiger partial charge in [-0.15, -0.1) is 11.3 Å². The summed E-state index contributed by atoms with van der Waals surface area (Å²) in [5, 5.41) is 32.1. The molecule has 2 amide bonds. The summed E-state index contributed by atoms with van der Waals surface area (Å²) in [6, 6.07) is 12.6. The number of phenols is 1. The van der Waals surface area contributed by atoms with E-state index in [0.717, 1.165) is 54.2 Å². The summed E-state index contributed by atoms with van der Waals surface area (Å²) in [6.45, 7) is 10.1. The van der Waals surface area contributed by atoms with Crippen molar-refractivity contribution in [2.45, 2.75) is 114 Å². The highest BCUT2D eigenvalue weighted by molar-refractivity contribution is 7.17. The number of amides is 2. The molecule has 1 saturated heterocycles. The normalized spacial score (nSPS) is 22.6. The van der Waals surface area contributed by atoms with Crippen LogP contribution in [0.3, 0.4) is 0 Å². The molecule has 4 aliphatic rings. The smallest absolute Gasteiger partial charge is 0.246 e. The number of Topliss-reactive ketones (excluding diaryl/α,β-unsaturated/α-hetero) is 2. The molecule has 0 bridgehead atoms. The lowest BCUT2D eigenvalue weighted by Gasteiger charge is -2.31. The molecule has 56 heavy (non-hydrogen) atoms. The van der Waals surface area contributed by atoms with Crippen LogP contribution in [0.15, 0.2) is 83.4 Å².